The number of carbonyl (C=O) groups excluding carboxylic acids is 1. The third kappa shape index (κ3) is 4.39. The molecule has 0 spiro atoms. The second-order valence-electron chi connectivity index (χ2n) is 7.89. The number of aryl methyl sites for hydroxylation is 1. The monoisotopic (exact) mass is 438 g/mol. The molecule has 1 aliphatic rings. The quantitative estimate of drug-likeness (QED) is 0.523. The standard InChI is InChI=1S/C23H23FN4O2S/c1-13(2)12-31-23-25-21-20(26-27-23)18-10-14(3)8-9-19(18)28(15(4)29)22(30-21)16-6-5-7-17(24)11-16/h5-11,13,22H,12H2,1-4H3/t22-/m1/s1. The first-order valence-corrected chi connectivity index (χ1v) is 11.0. The summed E-state index contributed by atoms with van der Waals surface area (Å²) in [5.41, 5.74) is 3.27. The lowest BCUT2D eigenvalue weighted by Gasteiger charge is -2.30. The predicted octanol–water partition coefficient (Wildman–Crippen LogP) is 5.18. The lowest BCUT2D eigenvalue weighted by atomic mass is 10.0. The van der Waals surface area contributed by atoms with Crippen molar-refractivity contribution in [1.29, 1.82) is 0 Å². The second kappa shape index (κ2) is 8.63. The summed E-state index contributed by atoms with van der Waals surface area (Å²) in [5, 5.41) is 9.18. The smallest absolute Gasteiger partial charge is 0.247 e. The van der Waals surface area contributed by atoms with Crippen molar-refractivity contribution in [3.8, 4) is 17.1 Å². The SMILES string of the molecule is CC(=O)N1c2ccc(C)cc2-c2nnc(SCC(C)C)nc2O[C@@H]1c1cccc(F)c1. The Bertz CT molecular complexity index is 1140. The molecule has 31 heavy (non-hydrogen) atoms. The van der Waals surface area contributed by atoms with Gasteiger partial charge in [-0.1, -0.05) is 49.4 Å². The molecule has 6 nitrogen and oxygen atoms in total. The van der Waals surface area contributed by atoms with E-state index in [2.05, 4.69) is 29.0 Å². The predicted molar refractivity (Wildman–Crippen MR) is 118 cm³/mol. The van der Waals surface area contributed by atoms with Crippen LogP contribution in [0.2, 0.25) is 0 Å². The maximum atomic E-state index is 14.0. The first-order valence-electron chi connectivity index (χ1n) is 10.0. The minimum atomic E-state index is -0.893. The molecular weight excluding hydrogens is 415 g/mol. The van der Waals surface area contributed by atoms with Crippen molar-refractivity contribution in [3.63, 3.8) is 0 Å². The molecule has 8 heteroatoms. The van der Waals surface area contributed by atoms with Crippen LogP contribution in [-0.2, 0) is 4.79 Å². The summed E-state index contributed by atoms with van der Waals surface area (Å²) in [4.78, 5) is 18.9. The molecule has 0 N–H and O–H groups in total. The van der Waals surface area contributed by atoms with Crippen LogP contribution in [0.4, 0.5) is 10.1 Å². The molecule has 0 aliphatic carbocycles. The van der Waals surface area contributed by atoms with Gasteiger partial charge in [0.2, 0.25) is 23.2 Å². The molecule has 2 aromatic carbocycles. The van der Waals surface area contributed by atoms with Crippen molar-refractivity contribution in [1.82, 2.24) is 15.2 Å². The van der Waals surface area contributed by atoms with E-state index in [-0.39, 0.29) is 11.8 Å². The van der Waals surface area contributed by atoms with Gasteiger partial charge in [-0.05, 0) is 37.1 Å². The molecule has 0 saturated heterocycles. The molecule has 0 unspecified atom stereocenters. The van der Waals surface area contributed by atoms with E-state index in [9.17, 15) is 9.18 Å². The summed E-state index contributed by atoms with van der Waals surface area (Å²) >= 11 is 1.49. The van der Waals surface area contributed by atoms with Gasteiger partial charge in [-0.2, -0.15) is 4.98 Å². The van der Waals surface area contributed by atoms with Crippen LogP contribution in [0.1, 0.15) is 38.1 Å². The van der Waals surface area contributed by atoms with Crippen molar-refractivity contribution in [3.05, 3.63) is 59.4 Å². The number of fused-ring (bicyclic) bond motifs is 3. The molecule has 0 radical (unpaired) electrons. The van der Waals surface area contributed by atoms with E-state index in [0.29, 0.717) is 33.6 Å². The van der Waals surface area contributed by atoms with Crippen LogP contribution in [0.15, 0.2) is 47.6 Å². The van der Waals surface area contributed by atoms with Crippen LogP contribution in [-0.4, -0.2) is 26.8 Å². The molecule has 2 heterocycles. The van der Waals surface area contributed by atoms with E-state index in [4.69, 9.17) is 4.74 Å². The molecule has 4 rings (SSSR count). The maximum Gasteiger partial charge on any atom is 0.247 e. The van der Waals surface area contributed by atoms with Crippen LogP contribution in [0.5, 0.6) is 5.88 Å². The largest absolute Gasteiger partial charge is 0.447 e. The molecule has 1 amide bonds. The first-order chi connectivity index (χ1) is 14.8. The number of halogens is 1. The topological polar surface area (TPSA) is 68.2 Å². The van der Waals surface area contributed by atoms with Gasteiger partial charge in [0.25, 0.3) is 0 Å². The van der Waals surface area contributed by atoms with Crippen molar-refractivity contribution in [2.24, 2.45) is 5.92 Å². The Labute approximate surface area is 184 Å². The van der Waals surface area contributed by atoms with Crippen molar-refractivity contribution < 1.29 is 13.9 Å². The molecule has 0 bridgehead atoms. The molecule has 160 valence electrons. The highest BCUT2D eigenvalue weighted by Crippen LogP contribution is 2.43. The number of aromatic nitrogens is 3. The van der Waals surface area contributed by atoms with Gasteiger partial charge in [0.05, 0.1) is 5.69 Å². The van der Waals surface area contributed by atoms with E-state index in [1.807, 2.05) is 25.1 Å². The van der Waals surface area contributed by atoms with Crippen molar-refractivity contribution in [2.75, 3.05) is 10.7 Å². The molecule has 0 fully saturated rings. The second-order valence-corrected chi connectivity index (χ2v) is 8.87. The summed E-state index contributed by atoms with van der Waals surface area (Å²) in [7, 11) is 0. The number of anilines is 1. The van der Waals surface area contributed by atoms with Gasteiger partial charge < -0.3 is 4.74 Å². The zero-order valence-electron chi connectivity index (χ0n) is 17.8. The Morgan fingerprint density at radius 1 is 1.23 bits per heavy atom. The Morgan fingerprint density at radius 2 is 2.03 bits per heavy atom. The fourth-order valence-corrected chi connectivity index (χ4v) is 4.13. The summed E-state index contributed by atoms with van der Waals surface area (Å²) in [6.45, 7) is 7.65. The highest BCUT2D eigenvalue weighted by atomic mass is 32.2. The van der Waals surface area contributed by atoms with Gasteiger partial charge in [-0.25, -0.2) is 4.39 Å². The fourth-order valence-electron chi connectivity index (χ4n) is 3.40. The fraction of sp³-hybridized carbons (Fsp3) is 0.304. The summed E-state index contributed by atoms with van der Waals surface area (Å²) in [5.74, 6) is 0.918. The average Bonchev–Trinajstić information content (AvgIpc) is 2.86. The van der Waals surface area contributed by atoms with Gasteiger partial charge >= 0.3 is 0 Å². The molecule has 1 aromatic heterocycles. The third-order valence-corrected chi connectivity index (χ3v) is 6.04. The lowest BCUT2D eigenvalue weighted by molar-refractivity contribution is -0.118. The van der Waals surface area contributed by atoms with E-state index < -0.39 is 12.0 Å². The first kappa shape index (κ1) is 21.2. The maximum absolute atomic E-state index is 14.0. The number of hydrogen-bond donors (Lipinski definition) is 0. The average molecular weight is 439 g/mol. The molecule has 3 aromatic rings. The third-order valence-electron chi connectivity index (χ3n) is 4.78. The van der Waals surface area contributed by atoms with Crippen LogP contribution in [0, 0.1) is 18.7 Å². The van der Waals surface area contributed by atoms with Crippen molar-refractivity contribution in [2.45, 2.75) is 39.1 Å². The zero-order valence-corrected chi connectivity index (χ0v) is 18.6. The summed E-state index contributed by atoms with van der Waals surface area (Å²) in [6.07, 6.45) is -0.893. The number of benzene rings is 2. The van der Waals surface area contributed by atoms with E-state index in [1.165, 1.54) is 35.7 Å². The highest BCUT2D eigenvalue weighted by Gasteiger charge is 2.34. The van der Waals surface area contributed by atoms with Crippen molar-refractivity contribution >= 4 is 23.4 Å². The number of amides is 1. The Kier molecular flexibility index (Phi) is 5.91. The van der Waals surface area contributed by atoms with E-state index in [1.54, 1.807) is 12.1 Å². The molecule has 1 atom stereocenters. The van der Waals surface area contributed by atoms with Gasteiger partial charge in [-0.3, -0.25) is 9.69 Å². The van der Waals surface area contributed by atoms with Gasteiger partial charge in [0.1, 0.15) is 5.82 Å². The van der Waals surface area contributed by atoms with Crippen LogP contribution < -0.4 is 9.64 Å². The minimum absolute atomic E-state index is 0.241. The number of ether oxygens (including phenoxy) is 1. The molecular formula is C23H23FN4O2S. The summed E-state index contributed by atoms with van der Waals surface area (Å²) in [6, 6.07) is 11.7. The number of rotatable bonds is 4. The summed E-state index contributed by atoms with van der Waals surface area (Å²) < 4.78 is 20.3. The Balaban J connectivity index is 1.91. The number of nitrogens with zero attached hydrogens (tertiary/aromatic N) is 4. The van der Waals surface area contributed by atoms with Gasteiger partial charge in [-0.15, -0.1) is 10.2 Å². The van der Waals surface area contributed by atoms with E-state index in [0.717, 1.165) is 11.3 Å². The van der Waals surface area contributed by atoms with Gasteiger partial charge in [0.15, 0.2) is 5.69 Å². The van der Waals surface area contributed by atoms with Crippen LogP contribution >= 0.6 is 11.8 Å². The lowest BCUT2D eigenvalue weighted by Crippen LogP contribution is -2.36. The zero-order chi connectivity index (χ0) is 22.1. The molecule has 1 aliphatic heterocycles. The minimum Gasteiger partial charge on any atom is -0.447 e. The number of thioether (sulfide) groups is 1. The Morgan fingerprint density at radius 3 is 2.74 bits per heavy atom. The van der Waals surface area contributed by atoms with Gasteiger partial charge in [0, 0.05) is 23.8 Å². The number of carbonyl (C=O) groups is 1. The van der Waals surface area contributed by atoms with E-state index >= 15 is 0 Å². The number of hydrogen-bond acceptors (Lipinski definition) is 6. The molecule has 0 saturated carbocycles. The highest BCUT2D eigenvalue weighted by molar-refractivity contribution is 7.99. The van der Waals surface area contributed by atoms with Crippen LogP contribution in [0.3, 0.4) is 0 Å². The van der Waals surface area contributed by atoms with Crippen LogP contribution in [0.25, 0.3) is 11.3 Å². The Hall–Kier alpha value is -3.00. The normalized spacial score (nSPS) is 15.2.